The number of carbonyl (C=O) groups excluding carboxylic acids is 2. The highest BCUT2D eigenvalue weighted by Crippen LogP contribution is 2.18. The Hall–Kier alpha value is -2.47. The number of hydrogen-bond acceptors (Lipinski definition) is 3. The standard InChI is InChI=1S/C15H10ClF2NO3/c16-13-6-3-10(18)7-12(13)15(21)22-8-14(20)19-11-4-1-9(17)2-5-11/h1-7H,8H2,(H,19,20). The summed E-state index contributed by atoms with van der Waals surface area (Å²) in [5.41, 5.74) is 0.183. The maximum atomic E-state index is 13.1. The van der Waals surface area contributed by atoms with Crippen LogP contribution in [0.3, 0.4) is 0 Å². The molecular formula is C15H10ClF2NO3. The first-order valence-electron chi connectivity index (χ1n) is 6.13. The summed E-state index contributed by atoms with van der Waals surface area (Å²) in [5, 5.41) is 2.43. The summed E-state index contributed by atoms with van der Waals surface area (Å²) in [7, 11) is 0. The van der Waals surface area contributed by atoms with Gasteiger partial charge in [-0.05, 0) is 42.5 Å². The van der Waals surface area contributed by atoms with Crippen LogP contribution in [0.5, 0.6) is 0 Å². The van der Waals surface area contributed by atoms with Crippen LogP contribution in [0.4, 0.5) is 14.5 Å². The van der Waals surface area contributed by atoms with E-state index in [-0.39, 0.29) is 10.6 Å². The number of rotatable bonds is 4. The van der Waals surface area contributed by atoms with Crippen molar-refractivity contribution in [3.8, 4) is 0 Å². The van der Waals surface area contributed by atoms with Gasteiger partial charge in [-0.2, -0.15) is 0 Å². The lowest BCUT2D eigenvalue weighted by molar-refractivity contribution is -0.119. The fourth-order valence-electron chi connectivity index (χ4n) is 1.59. The maximum absolute atomic E-state index is 13.1. The van der Waals surface area contributed by atoms with Crippen LogP contribution in [0.2, 0.25) is 5.02 Å². The van der Waals surface area contributed by atoms with E-state index in [9.17, 15) is 18.4 Å². The Morgan fingerprint density at radius 2 is 1.68 bits per heavy atom. The number of anilines is 1. The fraction of sp³-hybridized carbons (Fsp3) is 0.0667. The summed E-state index contributed by atoms with van der Waals surface area (Å²) in [5.74, 6) is -2.62. The molecule has 0 fully saturated rings. The van der Waals surface area contributed by atoms with E-state index in [1.165, 1.54) is 30.3 Å². The highest BCUT2D eigenvalue weighted by Gasteiger charge is 2.14. The van der Waals surface area contributed by atoms with Crippen LogP contribution in [0.1, 0.15) is 10.4 Å². The molecule has 7 heteroatoms. The van der Waals surface area contributed by atoms with E-state index in [1.807, 2.05) is 0 Å². The highest BCUT2D eigenvalue weighted by molar-refractivity contribution is 6.33. The average molecular weight is 326 g/mol. The molecule has 2 aromatic carbocycles. The molecule has 2 aromatic rings. The van der Waals surface area contributed by atoms with Crippen molar-refractivity contribution in [2.24, 2.45) is 0 Å². The molecule has 0 atom stereocenters. The normalized spacial score (nSPS) is 10.1. The Kier molecular flexibility index (Phi) is 5.06. The molecule has 2 rings (SSSR count). The minimum atomic E-state index is -0.918. The monoisotopic (exact) mass is 325 g/mol. The van der Waals surface area contributed by atoms with Crippen LogP contribution >= 0.6 is 11.6 Å². The molecule has 0 bridgehead atoms. The predicted octanol–water partition coefficient (Wildman–Crippen LogP) is 3.41. The smallest absolute Gasteiger partial charge is 0.340 e. The third-order valence-corrected chi connectivity index (χ3v) is 2.94. The SMILES string of the molecule is O=C(COC(=O)c1cc(F)ccc1Cl)Nc1ccc(F)cc1. The van der Waals surface area contributed by atoms with Gasteiger partial charge in [-0.3, -0.25) is 4.79 Å². The van der Waals surface area contributed by atoms with Crippen molar-refractivity contribution < 1.29 is 23.1 Å². The average Bonchev–Trinajstić information content (AvgIpc) is 2.49. The summed E-state index contributed by atoms with van der Waals surface area (Å²) in [6.07, 6.45) is 0. The molecule has 0 aliphatic rings. The molecule has 1 amide bonds. The molecule has 4 nitrogen and oxygen atoms in total. The largest absolute Gasteiger partial charge is 0.452 e. The zero-order chi connectivity index (χ0) is 16.1. The number of benzene rings is 2. The second-order valence-electron chi connectivity index (χ2n) is 4.26. The third-order valence-electron chi connectivity index (χ3n) is 2.61. The van der Waals surface area contributed by atoms with Crippen LogP contribution in [-0.4, -0.2) is 18.5 Å². The lowest BCUT2D eigenvalue weighted by Gasteiger charge is -2.07. The van der Waals surface area contributed by atoms with E-state index in [0.29, 0.717) is 5.69 Å². The Bertz CT molecular complexity index is 704. The van der Waals surface area contributed by atoms with Crippen molar-refractivity contribution in [3.63, 3.8) is 0 Å². The molecule has 0 saturated carbocycles. The number of nitrogens with one attached hydrogen (secondary N) is 1. The number of ether oxygens (including phenoxy) is 1. The minimum absolute atomic E-state index is 0.0188. The van der Waals surface area contributed by atoms with Crippen LogP contribution in [0, 0.1) is 11.6 Å². The number of halogens is 3. The number of hydrogen-bond donors (Lipinski definition) is 1. The summed E-state index contributed by atoms with van der Waals surface area (Å²) in [6.45, 7) is -0.580. The summed E-state index contributed by atoms with van der Waals surface area (Å²) in [6, 6.07) is 8.30. The van der Waals surface area contributed by atoms with Crippen molar-refractivity contribution in [2.45, 2.75) is 0 Å². The van der Waals surface area contributed by atoms with E-state index in [1.54, 1.807) is 0 Å². The lowest BCUT2D eigenvalue weighted by Crippen LogP contribution is -2.21. The molecule has 1 N–H and O–H groups in total. The second-order valence-corrected chi connectivity index (χ2v) is 4.66. The van der Waals surface area contributed by atoms with Crippen LogP contribution in [0.25, 0.3) is 0 Å². The van der Waals surface area contributed by atoms with Gasteiger partial charge in [0.1, 0.15) is 11.6 Å². The Morgan fingerprint density at radius 1 is 1.05 bits per heavy atom. The van der Waals surface area contributed by atoms with Gasteiger partial charge in [0, 0.05) is 5.69 Å². The van der Waals surface area contributed by atoms with E-state index in [0.717, 1.165) is 12.1 Å². The van der Waals surface area contributed by atoms with Gasteiger partial charge in [0.2, 0.25) is 0 Å². The van der Waals surface area contributed by atoms with Gasteiger partial charge < -0.3 is 10.1 Å². The molecule has 0 heterocycles. The van der Waals surface area contributed by atoms with Gasteiger partial charge >= 0.3 is 5.97 Å². The first-order valence-corrected chi connectivity index (χ1v) is 6.51. The molecule has 0 unspecified atom stereocenters. The van der Waals surface area contributed by atoms with E-state index >= 15 is 0 Å². The fourth-order valence-corrected chi connectivity index (χ4v) is 1.79. The van der Waals surface area contributed by atoms with Crippen molar-refractivity contribution >= 4 is 29.2 Å². The van der Waals surface area contributed by atoms with Crippen LogP contribution < -0.4 is 5.32 Å². The van der Waals surface area contributed by atoms with E-state index < -0.39 is 30.1 Å². The first kappa shape index (κ1) is 15.9. The number of amides is 1. The molecule has 22 heavy (non-hydrogen) atoms. The molecule has 0 spiro atoms. The third kappa shape index (κ3) is 4.26. The van der Waals surface area contributed by atoms with Gasteiger partial charge in [-0.25, -0.2) is 13.6 Å². The Morgan fingerprint density at radius 3 is 2.36 bits per heavy atom. The molecule has 0 saturated heterocycles. The van der Waals surface area contributed by atoms with Crippen molar-refractivity contribution in [2.75, 3.05) is 11.9 Å². The predicted molar refractivity (Wildman–Crippen MR) is 76.7 cm³/mol. The molecule has 0 aromatic heterocycles. The van der Waals surface area contributed by atoms with Gasteiger partial charge in [0.05, 0.1) is 10.6 Å². The summed E-state index contributed by atoms with van der Waals surface area (Å²) in [4.78, 5) is 23.3. The molecule has 114 valence electrons. The Balaban J connectivity index is 1.91. The molecule has 0 radical (unpaired) electrons. The number of carbonyl (C=O) groups is 2. The summed E-state index contributed by atoms with van der Waals surface area (Å²) >= 11 is 5.75. The topological polar surface area (TPSA) is 55.4 Å². The first-order chi connectivity index (χ1) is 10.5. The summed E-state index contributed by atoms with van der Waals surface area (Å²) < 4.78 is 30.5. The zero-order valence-corrected chi connectivity index (χ0v) is 11.9. The number of esters is 1. The zero-order valence-electron chi connectivity index (χ0n) is 11.1. The van der Waals surface area contributed by atoms with E-state index in [2.05, 4.69) is 5.32 Å². The van der Waals surface area contributed by atoms with Gasteiger partial charge in [0.15, 0.2) is 6.61 Å². The molecule has 0 aliphatic heterocycles. The lowest BCUT2D eigenvalue weighted by atomic mass is 10.2. The van der Waals surface area contributed by atoms with E-state index in [4.69, 9.17) is 16.3 Å². The highest BCUT2D eigenvalue weighted by atomic mass is 35.5. The van der Waals surface area contributed by atoms with Gasteiger partial charge in [0.25, 0.3) is 5.91 Å². The minimum Gasteiger partial charge on any atom is -0.452 e. The van der Waals surface area contributed by atoms with Crippen molar-refractivity contribution in [1.82, 2.24) is 0 Å². The van der Waals surface area contributed by atoms with Crippen LogP contribution in [-0.2, 0) is 9.53 Å². The van der Waals surface area contributed by atoms with Gasteiger partial charge in [-0.15, -0.1) is 0 Å². The molecule has 0 aliphatic carbocycles. The van der Waals surface area contributed by atoms with Crippen molar-refractivity contribution in [3.05, 3.63) is 64.7 Å². The van der Waals surface area contributed by atoms with Gasteiger partial charge in [-0.1, -0.05) is 11.6 Å². The van der Waals surface area contributed by atoms with Crippen molar-refractivity contribution in [1.29, 1.82) is 0 Å². The quantitative estimate of drug-likeness (QED) is 0.876. The second kappa shape index (κ2) is 7.00. The molecular weight excluding hydrogens is 316 g/mol. The maximum Gasteiger partial charge on any atom is 0.340 e. The van der Waals surface area contributed by atoms with Crippen LogP contribution in [0.15, 0.2) is 42.5 Å². The Labute approximate surface area is 129 Å².